The van der Waals surface area contributed by atoms with Crippen molar-refractivity contribution < 1.29 is 15.0 Å². The molecule has 15 heavy (non-hydrogen) atoms. The number of nitrogens with one attached hydrogen (secondary N) is 1. The zero-order valence-corrected chi connectivity index (χ0v) is 8.40. The van der Waals surface area contributed by atoms with Gasteiger partial charge in [-0.2, -0.15) is 0 Å². The van der Waals surface area contributed by atoms with Crippen molar-refractivity contribution in [2.45, 2.75) is 13.0 Å². The topological polar surface area (TPSA) is 95.6 Å². The van der Waals surface area contributed by atoms with Crippen LogP contribution in [0.4, 0.5) is 0 Å². The molecule has 0 bridgehead atoms. The highest BCUT2D eigenvalue weighted by molar-refractivity contribution is 5.95. The lowest BCUT2D eigenvalue weighted by atomic mass is 10.2. The van der Waals surface area contributed by atoms with Gasteiger partial charge in [0, 0.05) is 18.2 Å². The number of carbonyl (C=O) groups is 1. The summed E-state index contributed by atoms with van der Waals surface area (Å²) in [5.41, 5.74) is 5.63. The molecule has 1 atom stereocenters. The van der Waals surface area contributed by atoms with Crippen LogP contribution in [0.25, 0.3) is 0 Å². The summed E-state index contributed by atoms with van der Waals surface area (Å²) in [6, 6.07) is 3.76. The lowest BCUT2D eigenvalue weighted by Gasteiger charge is -2.11. The molecule has 0 aliphatic carbocycles. The van der Waals surface area contributed by atoms with Crippen LogP contribution < -0.4 is 11.1 Å². The lowest BCUT2D eigenvalue weighted by Crippen LogP contribution is -2.37. The Kier molecular flexibility index (Phi) is 3.51. The Balaban J connectivity index is 2.78. The number of phenols is 2. The van der Waals surface area contributed by atoms with Crippen molar-refractivity contribution in [2.75, 3.05) is 6.54 Å². The number of rotatable bonds is 3. The van der Waals surface area contributed by atoms with Crippen LogP contribution in [0.15, 0.2) is 18.2 Å². The van der Waals surface area contributed by atoms with Gasteiger partial charge in [-0.05, 0) is 25.1 Å². The number of hydrogen-bond acceptors (Lipinski definition) is 4. The average molecular weight is 210 g/mol. The fourth-order valence-electron chi connectivity index (χ4n) is 1.03. The number of phenolic OH excluding ortho intramolecular Hbond substituents is 2. The van der Waals surface area contributed by atoms with Gasteiger partial charge in [0.15, 0.2) is 11.5 Å². The predicted molar refractivity (Wildman–Crippen MR) is 55.8 cm³/mol. The summed E-state index contributed by atoms with van der Waals surface area (Å²) < 4.78 is 0. The highest BCUT2D eigenvalue weighted by atomic mass is 16.3. The van der Waals surface area contributed by atoms with Crippen LogP contribution in [-0.4, -0.2) is 28.7 Å². The van der Waals surface area contributed by atoms with Crippen LogP contribution in [-0.2, 0) is 0 Å². The van der Waals surface area contributed by atoms with E-state index < -0.39 is 0 Å². The number of carbonyl (C=O) groups excluding carboxylic acids is 1. The fraction of sp³-hybridized carbons (Fsp3) is 0.300. The Hall–Kier alpha value is -1.75. The molecule has 0 aliphatic rings. The van der Waals surface area contributed by atoms with Gasteiger partial charge in [0.1, 0.15) is 0 Å². The van der Waals surface area contributed by atoms with Gasteiger partial charge in [0.05, 0.1) is 0 Å². The van der Waals surface area contributed by atoms with E-state index in [2.05, 4.69) is 5.32 Å². The van der Waals surface area contributed by atoms with Crippen LogP contribution in [0.2, 0.25) is 0 Å². The van der Waals surface area contributed by atoms with E-state index in [9.17, 15) is 9.90 Å². The monoisotopic (exact) mass is 210 g/mol. The van der Waals surface area contributed by atoms with Gasteiger partial charge < -0.3 is 21.3 Å². The summed E-state index contributed by atoms with van der Waals surface area (Å²) in [5, 5.41) is 20.9. The third kappa shape index (κ3) is 2.85. The highest BCUT2D eigenvalue weighted by Crippen LogP contribution is 2.24. The van der Waals surface area contributed by atoms with E-state index in [0.29, 0.717) is 6.54 Å². The van der Waals surface area contributed by atoms with Gasteiger partial charge in [0.2, 0.25) is 0 Å². The number of hydrogen-bond donors (Lipinski definition) is 4. The number of amides is 1. The van der Waals surface area contributed by atoms with Crippen molar-refractivity contribution in [3.8, 4) is 11.5 Å². The maximum atomic E-state index is 11.5. The molecular formula is C10H14N2O3. The molecule has 82 valence electrons. The smallest absolute Gasteiger partial charge is 0.251 e. The summed E-state index contributed by atoms with van der Waals surface area (Å²) >= 11 is 0. The number of aromatic hydroxyl groups is 2. The largest absolute Gasteiger partial charge is 0.504 e. The first kappa shape index (κ1) is 11.3. The first-order valence-electron chi connectivity index (χ1n) is 4.57. The van der Waals surface area contributed by atoms with E-state index in [0.717, 1.165) is 0 Å². The Morgan fingerprint density at radius 1 is 1.47 bits per heavy atom. The third-order valence-corrected chi connectivity index (χ3v) is 1.97. The van der Waals surface area contributed by atoms with Crippen molar-refractivity contribution in [3.05, 3.63) is 23.8 Å². The summed E-state index contributed by atoms with van der Waals surface area (Å²) in [7, 11) is 0. The van der Waals surface area contributed by atoms with Crippen LogP contribution in [0.1, 0.15) is 17.3 Å². The Morgan fingerprint density at radius 3 is 2.67 bits per heavy atom. The highest BCUT2D eigenvalue weighted by Gasteiger charge is 2.10. The second kappa shape index (κ2) is 4.65. The minimum absolute atomic E-state index is 0.131. The fourth-order valence-corrected chi connectivity index (χ4v) is 1.03. The first-order chi connectivity index (χ1) is 7.04. The molecular weight excluding hydrogens is 196 g/mol. The van der Waals surface area contributed by atoms with Gasteiger partial charge in [0.25, 0.3) is 5.91 Å². The zero-order valence-electron chi connectivity index (χ0n) is 8.40. The lowest BCUT2D eigenvalue weighted by molar-refractivity contribution is 0.0941. The molecule has 0 heterocycles. The summed E-state index contributed by atoms with van der Waals surface area (Å²) in [4.78, 5) is 11.5. The molecule has 1 aromatic carbocycles. The van der Waals surface area contributed by atoms with Crippen molar-refractivity contribution in [2.24, 2.45) is 5.73 Å². The number of benzene rings is 1. The van der Waals surface area contributed by atoms with Crippen molar-refractivity contribution in [1.82, 2.24) is 5.32 Å². The van der Waals surface area contributed by atoms with E-state index >= 15 is 0 Å². The third-order valence-electron chi connectivity index (χ3n) is 1.97. The molecule has 0 spiro atoms. The van der Waals surface area contributed by atoms with E-state index in [1.54, 1.807) is 6.92 Å². The molecule has 0 radical (unpaired) electrons. The molecule has 1 unspecified atom stereocenters. The van der Waals surface area contributed by atoms with Crippen LogP contribution >= 0.6 is 0 Å². The minimum Gasteiger partial charge on any atom is -0.504 e. The van der Waals surface area contributed by atoms with Crippen LogP contribution in [0.5, 0.6) is 11.5 Å². The zero-order chi connectivity index (χ0) is 11.4. The maximum Gasteiger partial charge on any atom is 0.251 e. The van der Waals surface area contributed by atoms with Gasteiger partial charge >= 0.3 is 0 Å². The van der Waals surface area contributed by atoms with E-state index in [4.69, 9.17) is 10.8 Å². The summed E-state index contributed by atoms with van der Waals surface area (Å²) in [5.74, 6) is -0.898. The second-order valence-corrected chi connectivity index (χ2v) is 3.31. The molecule has 1 amide bonds. The second-order valence-electron chi connectivity index (χ2n) is 3.31. The van der Waals surface area contributed by atoms with Crippen molar-refractivity contribution >= 4 is 5.91 Å². The van der Waals surface area contributed by atoms with Gasteiger partial charge in [-0.15, -0.1) is 0 Å². The van der Waals surface area contributed by atoms with E-state index in [1.807, 2.05) is 0 Å². The van der Waals surface area contributed by atoms with Gasteiger partial charge in [-0.1, -0.05) is 0 Å². The molecule has 0 aliphatic heterocycles. The van der Waals surface area contributed by atoms with Crippen molar-refractivity contribution in [3.63, 3.8) is 0 Å². The van der Waals surface area contributed by atoms with Crippen molar-refractivity contribution in [1.29, 1.82) is 0 Å². The Morgan fingerprint density at radius 2 is 2.13 bits per heavy atom. The van der Waals surface area contributed by atoms with E-state index in [-0.39, 0.29) is 29.0 Å². The molecule has 0 saturated carbocycles. The summed E-state index contributed by atoms with van der Waals surface area (Å²) in [6.07, 6.45) is 0. The first-order valence-corrected chi connectivity index (χ1v) is 4.57. The molecule has 5 heteroatoms. The van der Waals surface area contributed by atoms with Gasteiger partial charge in [-0.3, -0.25) is 4.79 Å². The molecule has 5 N–H and O–H groups in total. The van der Waals surface area contributed by atoms with Gasteiger partial charge in [-0.25, -0.2) is 0 Å². The number of nitrogens with two attached hydrogens (primary N) is 1. The molecule has 5 nitrogen and oxygen atoms in total. The SMILES string of the molecule is CC(CN)NC(=O)c1ccc(O)c(O)c1. The van der Waals surface area contributed by atoms with E-state index in [1.165, 1.54) is 18.2 Å². The molecule has 0 fully saturated rings. The molecule has 0 saturated heterocycles. The Bertz CT molecular complexity index is 366. The maximum absolute atomic E-state index is 11.5. The molecule has 1 aromatic rings. The predicted octanol–water partition coefficient (Wildman–Crippen LogP) is 0.175. The molecule has 1 rings (SSSR count). The minimum atomic E-state index is -0.330. The average Bonchev–Trinajstić information content (AvgIpc) is 2.21. The quantitative estimate of drug-likeness (QED) is 0.535. The summed E-state index contributed by atoms with van der Waals surface area (Å²) in [6.45, 7) is 2.12. The standard InChI is InChI=1S/C10H14N2O3/c1-6(5-11)12-10(15)7-2-3-8(13)9(14)4-7/h2-4,6,13-14H,5,11H2,1H3,(H,12,15). The Labute approximate surface area is 87.5 Å². The van der Waals surface area contributed by atoms with Crippen LogP contribution in [0, 0.1) is 0 Å². The molecule has 0 aromatic heterocycles. The normalized spacial score (nSPS) is 12.1. The van der Waals surface area contributed by atoms with Crippen LogP contribution in [0.3, 0.4) is 0 Å².